The predicted octanol–water partition coefficient (Wildman–Crippen LogP) is 2.77. The molecule has 2 rings (SSSR count). The van der Waals surface area contributed by atoms with Gasteiger partial charge in [-0.25, -0.2) is 0 Å². The van der Waals surface area contributed by atoms with E-state index in [0.29, 0.717) is 12.3 Å². The van der Waals surface area contributed by atoms with Crippen LogP contribution in [0.1, 0.15) is 50.6 Å². The molecular formula is C16H24N2O. The Morgan fingerprint density at radius 1 is 1.37 bits per heavy atom. The fourth-order valence-electron chi connectivity index (χ4n) is 2.51. The van der Waals surface area contributed by atoms with Crippen molar-refractivity contribution in [2.24, 2.45) is 11.7 Å². The Morgan fingerprint density at radius 2 is 2.05 bits per heavy atom. The van der Waals surface area contributed by atoms with Crippen molar-refractivity contribution in [2.75, 3.05) is 0 Å². The third-order valence-electron chi connectivity index (χ3n) is 3.92. The second-order valence-electron chi connectivity index (χ2n) is 5.66. The van der Waals surface area contributed by atoms with Crippen LogP contribution in [0.2, 0.25) is 0 Å². The van der Waals surface area contributed by atoms with E-state index in [1.165, 1.54) is 24.8 Å². The highest BCUT2D eigenvalue weighted by molar-refractivity contribution is 5.76. The van der Waals surface area contributed by atoms with Crippen molar-refractivity contribution in [3.8, 4) is 0 Å². The first-order valence-electron chi connectivity index (χ1n) is 7.26. The summed E-state index contributed by atoms with van der Waals surface area (Å²) in [7, 11) is 0. The number of hydrogen-bond acceptors (Lipinski definition) is 2. The molecule has 0 heterocycles. The van der Waals surface area contributed by atoms with Gasteiger partial charge in [-0.3, -0.25) is 4.79 Å². The zero-order chi connectivity index (χ0) is 13.7. The number of carbonyl (C=O) groups excluding carboxylic acids is 1. The maximum atomic E-state index is 12.0. The monoisotopic (exact) mass is 260 g/mol. The first kappa shape index (κ1) is 14.1. The van der Waals surface area contributed by atoms with Crippen molar-refractivity contribution in [3.63, 3.8) is 0 Å². The highest BCUT2D eigenvalue weighted by atomic mass is 16.1. The van der Waals surface area contributed by atoms with E-state index in [1.54, 1.807) is 0 Å². The van der Waals surface area contributed by atoms with Gasteiger partial charge >= 0.3 is 0 Å². The molecule has 1 saturated carbocycles. The van der Waals surface area contributed by atoms with Crippen LogP contribution >= 0.6 is 0 Å². The molecular weight excluding hydrogens is 236 g/mol. The Balaban J connectivity index is 1.97. The average Bonchev–Trinajstić information content (AvgIpc) is 2.34. The molecule has 104 valence electrons. The molecule has 0 bridgehead atoms. The second kappa shape index (κ2) is 6.71. The summed E-state index contributed by atoms with van der Waals surface area (Å²) in [6.07, 6.45) is 4.98. The van der Waals surface area contributed by atoms with Crippen molar-refractivity contribution in [1.82, 2.24) is 5.32 Å². The molecule has 1 fully saturated rings. The predicted molar refractivity (Wildman–Crippen MR) is 77.6 cm³/mol. The standard InChI is InChI=1S/C16H24N2O/c1-12(17)10-11-15(19)18-16(14-8-5-9-14)13-6-3-2-4-7-13/h2-4,6-7,12,14,16H,5,8-11,17H2,1H3,(H,18,19). The summed E-state index contributed by atoms with van der Waals surface area (Å²) in [6.45, 7) is 1.94. The zero-order valence-corrected chi connectivity index (χ0v) is 11.6. The minimum Gasteiger partial charge on any atom is -0.349 e. The van der Waals surface area contributed by atoms with Crippen LogP contribution in [0.3, 0.4) is 0 Å². The van der Waals surface area contributed by atoms with E-state index < -0.39 is 0 Å². The number of rotatable bonds is 6. The van der Waals surface area contributed by atoms with E-state index in [4.69, 9.17) is 5.73 Å². The lowest BCUT2D eigenvalue weighted by atomic mass is 9.77. The fourth-order valence-corrected chi connectivity index (χ4v) is 2.51. The van der Waals surface area contributed by atoms with Gasteiger partial charge in [-0.15, -0.1) is 0 Å². The largest absolute Gasteiger partial charge is 0.349 e. The van der Waals surface area contributed by atoms with Crippen LogP contribution in [-0.4, -0.2) is 11.9 Å². The number of carbonyl (C=O) groups is 1. The van der Waals surface area contributed by atoms with Crippen molar-refractivity contribution in [2.45, 2.75) is 51.1 Å². The van der Waals surface area contributed by atoms with Crippen LogP contribution in [0.15, 0.2) is 30.3 Å². The summed E-state index contributed by atoms with van der Waals surface area (Å²) in [4.78, 5) is 12.0. The van der Waals surface area contributed by atoms with Gasteiger partial charge in [0, 0.05) is 12.5 Å². The van der Waals surface area contributed by atoms with Gasteiger partial charge in [-0.05, 0) is 37.7 Å². The number of nitrogens with two attached hydrogens (primary N) is 1. The van der Waals surface area contributed by atoms with Gasteiger partial charge in [0.2, 0.25) is 5.91 Å². The number of hydrogen-bond donors (Lipinski definition) is 2. The van der Waals surface area contributed by atoms with E-state index in [0.717, 1.165) is 6.42 Å². The first-order chi connectivity index (χ1) is 9.16. The topological polar surface area (TPSA) is 55.1 Å². The van der Waals surface area contributed by atoms with Crippen LogP contribution in [0, 0.1) is 5.92 Å². The first-order valence-corrected chi connectivity index (χ1v) is 7.26. The SMILES string of the molecule is CC(N)CCC(=O)NC(c1ccccc1)C1CCC1. The number of nitrogens with one attached hydrogen (secondary N) is 1. The third-order valence-corrected chi connectivity index (χ3v) is 3.92. The molecule has 3 nitrogen and oxygen atoms in total. The Kier molecular flexibility index (Phi) is 4.97. The van der Waals surface area contributed by atoms with Crippen LogP contribution < -0.4 is 11.1 Å². The lowest BCUT2D eigenvalue weighted by Gasteiger charge is -2.34. The molecule has 2 atom stereocenters. The lowest BCUT2D eigenvalue weighted by Crippen LogP contribution is -2.36. The van der Waals surface area contributed by atoms with Gasteiger partial charge in [0.15, 0.2) is 0 Å². The molecule has 3 heteroatoms. The maximum absolute atomic E-state index is 12.0. The third kappa shape index (κ3) is 4.06. The Hall–Kier alpha value is -1.35. The Labute approximate surface area is 115 Å². The Bertz CT molecular complexity index is 398. The maximum Gasteiger partial charge on any atom is 0.220 e. The van der Waals surface area contributed by atoms with Gasteiger partial charge < -0.3 is 11.1 Å². The van der Waals surface area contributed by atoms with Gasteiger partial charge in [0.05, 0.1) is 6.04 Å². The van der Waals surface area contributed by atoms with E-state index >= 15 is 0 Å². The van der Waals surface area contributed by atoms with Gasteiger partial charge in [-0.1, -0.05) is 36.8 Å². The van der Waals surface area contributed by atoms with E-state index in [-0.39, 0.29) is 18.0 Å². The van der Waals surface area contributed by atoms with Crippen LogP contribution in [0.4, 0.5) is 0 Å². The molecule has 0 saturated heterocycles. The molecule has 19 heavy (non-hydrogen) atoms. The van der Waals surface area contributed by atoms with Crippen molar-refractivity contribution >= 4 is 5.91 Å². The summed E-state index contributed by atoms with van der Waals surface area (Å²) in [5.74, 6) is 0.722. The quantitative estimate of drug-likeness (QED) is 0.826. The lowest BCUT2D eigenvalue weighted by molar-refractivity contribution is -0.122. The molecule has 3 N–H and O–H groups in total. The van der Waals surface area contributed by atoms with Crippen LogP contribution in [0.5, 0.6) is 0 Å². The van der Waals surface area contributed by atoms with E-state index in [2.05, 4.69) is 17.4 Å². The highest BCUT2D eigenvalue weighted by Gasteiger charge is 2.29. The Morgan fingerprint density at radius 3 is 2.58 bits per heavy atom. The molecule has 1 aromatic rings. The fraction of sp³-hybridized carbons (Fsp3) is 0.562. The number of amides is 1. The summed E-state index contributed by atoms with van der Waals surface area (Å²) in [5, 5.41) is 3.20. The molecule has 0 radical (unpaired) electrons. The van der Waals surface area contributed by atoms with Gasteiger partial charge in [0.1, 0.15) is 0 Å². The smallest absolute Gasteiger partial charge is 0.220 e. The molecule has 0 spiro atoms. The van der Waals surface area contributed by atoms with E-state index in [9.17, 15) is 4.79 Å². The van der Waals surface area contributed by atoms with Crippen molar-refractivity contribution in [3.05, 3.63) is 35.9 Å². The average molecular weight is 260 g/mol. The summed E-state index contributed by atoms with van der Waals surface area (Å²) >= 11 is 0. The molecule has 2 unspecified atom stereocenters. The highest BCUT2D eigenvalue weighted by Crippen LogP contribution is 2.37. The minimum absolute atomic E-state index is 0.0876. The molecule has 0 aromatic heterocycles. The van der Waals surface area contributed by atoms with E-state index in [1.807, 2.05) is 25.1 Å². The van der Waals surface area contributed by atoms with Crippen LogP contribution in [-0.2, 0) is 4.79 Å². The van der Waals surface area contributed by atoms with Crippen LogP contribution in [0.25, 0.3) is 0 Å². The molecule has 1 amide bonds. The molecule has 1 aromatic carbocycles. The summed E-state index contributed by atoms with van der Waals surface area (Å²) < 4.78 is 0. The molecule has 0 aliphatic heterocycles. The van der Waals surface area contributed by atoms with Crippen molar-refractivity contribution in [1.29, 1.82) is 0 Å². The molecule has 1 aliphatic carbocycles. The summed E-state index contributed by atoms with van der Waals surface area (Å²) in [6, 6.07) is 10.6. The number of benzene rings is 1. The second-order valence-corrected chi connectivity index (χ2v) is 5.66. The zero-order valence-electron chi connectivity index (χ0n) is 11.6. The summed E-state index contributed by atoms with van der Waals surface area (Å²) in [5.41, 5.74) is 6.92. The minimum atomic E-state index is 0.0876. The van der Waals surface area contributed by atoms with Gasteiger partial charge in [0.25, 0.3) is 0 Å². The molecule has 1 aliphatic rings. The van der Waals surface area contributed by atoms with Gasteiger partial charge in [-0.2, -0.15) is 0 Å². The van der Waals surface area contributed by atoms with Crippen molar-refractivity contribution < 1.29 is 4.79 Å². The normalized spacial score (nSPS) is 18.4.